The van der Waals surface area contributed by atoms with Gasteiger partial charge >= 0.3 is 0 Å². The van der Waals surface area contributed by atoms with Crippen molar-refractivity contribution in [3.8, 4) is 11.8 Å². The van der Waals surface area contributed by atoms with E-state index in [-0.39, 0.29) is 23.6 Å². The molecule has 0 radical (unpaired) electrons. The summed E-state index contributed by atoms with van der Waals surface area (Å²) < 4.78 is 7.02. The molecule has 0 aliphatic rings. The first-order valence-corrected chi connectivity index (χ1v) is 10.6. The molecule has 0 aromatic heterocycles. The second-order valence-corrected chi connectivity index (χ2v) is 8.22. The molecule has 0 atom stereocenters. The van der Waals surface area contributed by atoms with E-state index >= 15 is 0 Å². The van der Waals surface area contributed by atoms with Crippen molar-refractivity contribution in [3.63, 3.8) is 0 Å². The summed E-state index contributed by atoms with van der Waals surface area (Å²) in [5, 5.41) is 31.5. The van der Waals surface area contributed by atoms with Gasteiger partial charge in [-0.1, -0.05) is 24.3 Å². The molecule has 0 spiro atoms. The van der Waals surface area contributed by atoms with Crippen molar-refractivity contribution >= 4 is 54.9 Å². The van der Waals surface area contributed by atoms with Gasteiger partial charge < -0.3 is 4.74 Å². The van der Waals surface area contributed by atoms with E-state index < -0.39 is 9.85 Å². The molecule has 3 rings (SSSR count). The highest BCUT2D eigenvalue weighted by Gasteiger charge is 2.13. The lowest BCUT2D eigenvalue weighted by Crippen LogP contribution is -1.98. The number of non-ortho nitro benzene ring substituents is 2. The zero-order valence-electron chi connectivity index (χ0n) is 16.2. The van der Waals surface area contributed by atoms with E-state index in [2.05, 4.69) is 37.9 Å². The van der Waals surface area contributed by atoms with E-state index in [0.29, 0.717) is 31.4 Å². The number of nitro benzene ring substituents is 2. The van der Waals surface area contributed by atoms with Crippen molar-refractivity contribution in [1.82, 2.24) is 0 Å². The Bertz CT molecular complexity index is 1260. The minimum Gasteiger partial charge on any atom is -0.487 e. The summed E-state index contributed by atoms with van der Waals surface area (Å²) in [5.74, 6) is 0.488. The van der Waals surface area contributed by atoms with Gasteiger partial charge in [-0.05, 0) is 66.8 Å². The summed E-state index contributed by atoms with van der Waals surface area (Å²) in [6.07, 6.45) is 1.61. The van der Waals surface area contributed by atoms with Gasteiger partial charge in [-0.25, -0.2) is 0 Å². The molecule has 0 amide bonds. The third-order valence-electron chi connectivity index (χ3n) is 4.32. The van der Waals surface area contributed by atoms with Gasteiger partial charge in [-0.15, -0.1) is 0 Å². The van der Waals surface area contributed by atoms with Gasteiger partial charge in [0.2, 0.25) is 0 Å². The lowest BCUT2D eigenvalue weighted by molar-refractivity contribution is -0.385. The van der Waals surface area contributed by atoms with Crippen LogP contribution in [0.2, 0.25) is 0 Å². The molecule has 0 aliphatic heterocycles. The molecular formula is C22H13Br2N3O5. The van der Waals surface area contributed by atoms with E-state index in [4.69, 9.17) is 4.74 Å². The number of benzene rings is 3. The maximum atomic E-state index is 11.0. The van der Waals surface area contributed by atoms with Gasteiger partial charge in [0.15, 0.2) is 0 Å². The van der Waals surface area contributed by atoms with Crippen LogP contribution in [0.25, 0.3) is 11.6 Å². The lowest BCUT2D eigenvalue weighted by atomic mass is 10.0. The number of ether oxygens (including phenoxy) is 1. The molecule has 0 saturated heterocycles. The van der Waals surface area contributed by atoms with Crippen LogP contribution in [-0.2, 0) is 6.61 Å². The SMILES string of the molecule is N#C/C(=C/c1cc(Br)c(OCc2cccc([N+](=O)[O-])c2)c(Br)c1)c1cccc([N+](=O)[O-])c1. The molecule has 10 heteroatoms. The fourth-order valence-corrected chi connectivity index (χ4v) is 4.30. The summed E-state index contributed by atoms with van der Waals surface area (Å²) in [4.78, 5) is 21.0. The summed E-state index contributed by atoms with van der Waals surface area (Å²) in [7, 11) is 0. The number of nitrogens with zero attached hydrogens (tertiary/aromatic N) is 3. The average Bonchev–Trinajstić information content (AvgIpc) is 2.77. The highest BCUT2D eigenvalue weighted by Crippen LogP contribution is 2.36. The zero-order chi connectivity index (χ0) is 23.3. The quantitative estimate of drug-likeness (QED) is 0.138. The van der Waals surface area contributed by atoms with Crippen LogP contribution in [0.3, 0.4) is 0 Å². The van der Waals surface area contributed by atoms with Crippen LogP contribution in [0.5, 0.6) is 5.75 Å². The van der Waals surface area contributed by atoms with E-state index in [1.54, 1.807) is 36.4 Å². The minimum atomic E-state index is -0.515. The predicted molar refractivity (Wildman–Crippen MR) is 126 cm³/mol. The molecule has 0 fully saturated rings. The van der Waals surface area contributed by atoms with Crippen LogP contribution in [-0.4, -0.2) is 9.85 Å². The van der Waals surface area contributed by atoms with Crippen LogP contribution in [0, 0.1) is 31.6 Å². The Labute approximate surface area is 199 Å². The van der Waals surface area contributed by atoms with E-state index in [1.807, 2.05) is 0 Å². The first-order chi connectivity index (χ1) is 15.3. The fraction of sp³-hybridized carbons (Fsp3) is 0.0455. The molecule has 8 nitrogen and oxygen atoms in total. The lowest BCUT2D eigenvalue weighted by Gasteiger charge is -2.12. The highest BCUT2D eigenvalue weighted by molar-refractivity contribution is 9.11. The monoisotopic (exact) mass is 557 g/mol. The summed E-state index contributed by atoms with van der Waals surface area (Å²) >= 11 is 6.89. The third kappa shape index (κ3) is 5.57. The van der Waals surface area contributed by atoms with Crippen LogP contribution in [0.4, 0.5) is 11.4 Å². The number of nitriles is 1. The third-order valence-corrected chi connectivity index (χ3v) is 5.50. The number of halogens is 2. The van der Waals surface area contributed by atoms with Crippen LogP contribution >= 0.6 is 31.9 Å². The highest BCUT2D eigenvalue weighted by atomic mass is 79.9. The first-order valence-electron chi connectivity index (χ1n) is 9.00. The van der Waals surface area contributed by atoms with Crippen LogP contribution in [0.15, 0.2) is 69.6 Å². The van der Waals surface area contributed by atoms with Crippen molar-refractivity contribution in [2.75, 3.05) is 0 Å². The standard InChI is InChI=1S/C22H13Br2N3O5/c23-20-9-15(7-17(12-25)16-4-2-6-19(11-16)27(30)31)10-21(24)22(20)32-13-14-3-1-5-18(8-14)26(28)29/h1-11H,13H2/b17-7-. The van der Waals surface area contributed by atoms with Gasteiger partial charge in [0, 0.05) is 24.3 Å². The molecule has 0 aliphatic carbocycles. The summed E-state index contributed by atoms with van der Waals surface area (Å²) in [6.45, 7) is 0.116. The summed E-state index contributed by atoms with van der Waals surface area (Å²) in [6, 6.07) is 17.6. The first kappa shape index (κ1) is 23.1. The zero-order valence-corrected chi connectivity index (χ0v) is 19.4. The molecule has 3 aromatic rings. The van der Waals surface area contributed by atoms with Gasteiger partial charge in [0.25, 0.3) is 11.4 Å². The molecule has 0 saturated carbocycles. The molecule has 0 N–H and O–H groups in total. The number of nitro groups is 2. The van der Waals surface area contributed by atoms with Crippen LogP contribution < -0.4 is 4.74 Å². The Morgan fingerprint density at radius 1 is 0.969 bits per heavy atom. The Balaban J connectivity index is 1.85. The second kappa shape index (κ2) is 10.2. The van der Waals surface area contributed by atoms with Gasteiger partial charge in [0.1, 0.15) is 12.4 Å². The number of hydrogen-bond acceptors (Lipinski definition) is 6. The van der Waals surface area contributed by atoms with Gasteiger partial charge in [-0.2, -0.15) is 5.26 Å². The smallest absolute Gasteiger partial charge is 0.270 e. The van der Waals surface area contributed by atoms with Crippen LogP contribution in [0.1, 0.15) is 16.7 Å². The molecule has 160 valence electrons. The van der Waals surface area contributed by atoms with Crippen molar-refractivity contribution in [2.24, 2.45) is 0 Å². The Morgan fingerprint density at radius 3 is 2.16 bits per heavy atom. The van der Waals surface area contributed by atoms with E-state index in [9.17, 15) is 25.5 Å². The Kier molecular flexibility index (Phi) is 7.35. The van der Waals surface area contributed by atoms with Gasteiger partial charge in [0.05, 0.1) is 30.4 Å². The predicted octanol–water partition coefficient (Wildman–Crippen LogP) is 6.67. The van der Waals surface area contributed by atoms with Crippen molar-refractivity contribution in [3.05, 3.63) is 107 Å². The van der Waals surface area contributed by atoms with Gasteiger partial charge in [-0.3, -0.25) is 20.2 Å². The number of hydrogen-bond donors (Lipinski definition) is 0. The second-order valence-electron chi connectivity index (χ2n) is 6.51. The Morgan fingerprint density at radius 2 is 1.56 bits per heavy atom. The van der Waals surface area contributed by atoms with E-state index in [0.717, 1.165) is 0 Å². The summed E-state index contributed by atoms with van der Waals surface area (Å²) in [5.41, 5.74) is 1.87. The van der Waals surface area contributed by atoms with Crippen molar-refractivity contribution < 1.29 is 14.6 Å². The van der Waals surface area contributed by atoms with E-state index in [1.165, 1.54) is 30.3 Å². The molecule has 3 aromatic carbocycles. The maximum absolute atomic E-state index is 11.0. The number of allylic oxidation sites excluding steroid dienone is 1. The topological polar surface area (TPSA) is 119 Å². The number of rotatable bonds is 7. The molecule has 0 heterocycles. The van der Waals surface area contributed by atoms with Crippen molar-refractivity contribution in [2.45, 2.75) is 6.61 Å². The molecule has 0 bridgehead atoms. The molecular weight excluding hydrogens is 546 g/mol. The largest absolute Gasteiger partial charge is 0.487 e. The maximum Gasteiger partial charge on any atom is 0.270 e. The molecule has 32 heavy (non-hydrogen) atoms. The minimum absolute atomic E-state index is 0.0186. The van der Waals surface area contributed by atoms with Crippen molar-refractivity contribution in [1.29, 1.82) is 5.26 Å². The fourth-order valence-electron chi connectivity index (χ4n) is 2.85. The Hall–Kier alpha value is -3.55. The normalized spacial score (nSPS) is 11.0. The average molecular weight is 559 g/mol. The molecule has 0 unspecified atom stereocenters.